The second-order valence-electron chi connectivity index (χ2n) is 10.4. The summed E-state index contributed by atoms with van der Waals surface area (Å²) in [4.78, 5) is 0. The van der Waals surface area contributed by atoms with E-state index in [-0.39, 0.29) is 5.79 Å². The van der Waals surface area contributed by atoms with Crippen LogP contribution in [0.2, 0.25) is 0 Å². The predicted octanol–water partition coefficient (Wildman–Crippen LogP) is 4.69. The van der Waals surface area contributed by atoms with E-state index in [0.717, 1.165) is 56.1 Å². The Morgan fingerprint density at radius 1 is 1.04 bits per heavy atom. The van der Waals surface area contributed by atoms with Crippen LogP contribution in [0.3, 0.4) is 0 Å². The van der Waals surface area contributed by atoms with Crippen molar-refractivity contribution in [3.8, 4) is 0 Å². The molecular formula is C23H36O3. The Morgan fingerprint density at radius 3 is 2.62 bits per heavy atom. The first kappa shape index (κ1) is 17.7. The van der Waals surface area contributed by atoms with Crippen LogP contribution in [-0.2, 0) is 9.47 Å². The Labute approximate surface area is 158 Å². The zero-order valence-electron chi connectivity index (χ0n) is 16.6. The van der Waals surface area contributed by atoms with Crippen molar-refractivity contribution in [1.29, 1.82) is 0 Å². The molecule has 0 bridgehead atoms. The van der Waals surface area contributed by atoms with Crippen LogP contribution in [0.15, 0.2) is 11.6 Å². The summed E-state index contributed by atoms with van der Waals surface area (Å²) in [5.41, 5.74) is 2.47. The summed E-state index contributed by atoms with van der Waals surface area (Å²) in [7, 11) is 0. The lowest BCUT2D eigenvalue weighted by Gasteiger charge is -2.59. The lowest BCUT2D eigenvalue weighted by molar-refractivity contribution is -0.185. The van der Waals surface area contributed by atoms with Gasteiger partial charge in [-0.15, -0.1) is 0 Å². The largest absolute Gasteiger partial charge is 0.396 e. The van der Waals surface area contributed by atoms with Gasteiger partial charge in [-0.1, -0.05) is 25.5 Å². The molecule has 5 rings (SSSR count). The van der Waals surface area contributed by atoms with Crippen molar-refractivity contribution in [3.05, 3.63) is 11.6 Å². The van der Waals surface area contributed by atoms with Crippen molar-refractivity contribution in [3.63, 3.8) is 0 Å². The molecule has 3 saturated carbocycles. The summed E-state index contributed by atoms with van der Waals surface area (Å²) in [5, 5.41) is 9.53. The fourth-order valence-electron chi connectivity index (χ4n) is 8.09. The zero-order chi connectivity index (χ0) is 18.0. The SMILES string of the molecule is CC12CCC3(CC1=CCC1C2CCC2(C)C(CCO)CCC12)OCCO3. The fourth-order valence-corrected chi connectivity index (χ4v) is 8.09. The summed E-state index contributed by atoms with van der Waals surface area (Å²) < 4.78 is 12.1. The van der Waals surface area contributed by atoms with E-state index in [9.17, 15) is 5.11 Å². The highest BCUT2D eigenvalue weighted by Gasteiger charge is 2.59. The molecule has 6 atom stereocenters. The second kappa shape index (κ2) is 6.06. The molecule has 0 radical (unpaired) electrons. The minimum atomic E-state index is -0.291. The minimum Gasteiger partial charge on any atom is -0.396 e. The quantitative estimate of drug-likeness (QED) is 0.726. The molecule has 3 nitrogen and oxygen atoms in total. The van der Waals surface area contributed by atoms with Crippen molar-refractivity contribution in [2.24, 2.45) is 34.5 Å². The predicted molar refractivity (Wildman–Crippen MR) is 102 cm³/mol. The van der Waals surface area contributed by atoms with Crippen molar-refractivity contribution in [1.82, 2.24) is 0 Å². The molecule has 1 N–H and O–H groups in total. The molecule has 1 saturated heterocycles. The molecule has 0 aromatic rings. The topological polar surface area (TPSA) is 38.7 Å². The second-order valence-corrected chi connectivity index (χ2v) is 10.4. The van der Waals surface area contributed by atoms with Gasteiger partial charge in [0.1, 0.15) is 0 Å². The van der Waals surface area contributed by atoms with Crippen LogP contribution in [0.1, 0.15) is 71.6 Å². The monoisotopic (exact) mass is 360 g/mol. The van der Waals surface area contributed by atoms with E-state index in [2.05, 4.69) is 19.9 Å². The summed E-state index contributed by atoms with van der Waals surface area (Å²) in [6.07, 6.45) is 13.6. The first-order chi connectivity index (χ1) is 12.5. The van der Waals surface area contributed by atoms with E-state index in [1.54, 1.807) is 5.57 Å². The van der Waals surface area contributed by atoms with Gasteiger partial charge >= 0.3 is 0 Å². The van der Waals surface area contributed by atoms with Crippen molar-refractivity contribution >= 4 is 0 Å². The molecule has 1 heterocycles. The van der Waals surface area contributed by atoms with Crippen LogP contribution in [0.5, 0.6) is 0 Å². The van der Waals surface area contributed by atoms with E-state index >= 15 is 0 Å². The Balaban J connectivity index is 1.42. The molecule has 0 aromatic heterocycles. The van der Waals surface area contributed by atoms with Gasteiger partial charge in [0.05, 0.1) is 13.2 Å². The van der Waals surface area contributed by atoms with Crippen LogP contribution < -0.4 is 0 Å². The maximum absolute atomic E-state index is 9.53. The van der Waals surface area contributed by atoms with Gasteiger partial charge in [-0.3, -0.25) is 0 Å². The molecule has 3 heteroatoms. The van der Waals surface area contributed by atoms with Gasteiger partial charge in [-0.05, 0) is 79.4 Å². The summed E-state index contributed by atoms with van der Waals surface area (Å²) >= 11 is 0. The molecule has 0 amide bonds. The maximum Gasteiger partial charge on any atom is 0.172 e. The van der Waals surface area contributed by atoms with Gasteiger partial charge in [0, 0.05) is 19.4 Å². The van der Waals surface area contributed by atoms with E-state index in [4.69, 9.17) is 9.47 Å². The van der Waals surface area contributed by atoms with Gasteiger partial charge in [0.25, 0.3) is 0 Å². The van der Waals surface area contributed by atoms with Crippen LogP contribution in [0.25, 0.3) is 0 Å². The highest BCUT2D eigenvalue weighted by Crippen LogP contribution is 2.67. The van der Waals surface area contributed by atoms with Gasteiger partial charge in [0.15, 0.2) is 5.79 Å². The average Bonchev–Trinajstić information content (AvgIpc) is 3.21. The molecule has 146 valence electrons. The normalized spacial score (nSPS) is 49.4. The summed E-state index contributed by atoms with van der Waals surface area (Å²) in [6.45, 7) is 7.01. The number of aliphatic hydroxyl groups excluding tert-OH is 1. The third-order valence-electron chi connectivity index (χ3n) is 9.60. The van der Waals surface area contributed by atoms with Crippen LogP contribution in [0.4, 0.5) is 0 Å². The molecule has 4 aliphatic carbocycles. The fraction of sp³-hybridized carbons (Fsp3) is 0.913. The van der Waals surface area contributed by atoms with Gasteiger partial charge in [-0.25, -0.2) is 0 Å². The average molecular weight is 361 g/mol. The third-order valence-corrected chi connectivity index (χ3v) is 9.60. The van der Waals surface area contributed by atoms with Crippen LogP contribution in [-0.4, -0.2) is 30.7 Å². The Kier molecular flexibility index (Phi) is 4.12. The van der Waals surface area contributed by atoms with Crippen molar-refractivity contribution in [2.45, 2.75) is 77.4 Å². The van der Waals surface area contributed by atoms with Crippen LogP contribution >= 0.6 is 0 Å². The maximum atomic E-state index is 9.53. The van der Waals surface area contributed by atoms with Crippen molar-refractivity contribution in [2.75, 3.05) is 19.8 Å². The number of ether oxygens (including phenoxy) is 2. The van der Waals surface area contributed by atoms with E-state index in [1.807, 2.05) is 0 Å². The number of hydrogen-bond acceptors (Lipinski definition) is 3. The molecule has 4 fully saturated rings. The molecule has 6 unspecified atom stereocenters. The standard InChI is InChI=1S/C23H36O3/c1-21-9-7-20-18(19(21)6-4-16(21)8-12-24)5-3-17-15-23(25-13-14-26-23)11-10-22(17,20)2/h3,16,18-20,24H,4-15H2,1-2H3. The Hall–Kier alpha value is -0.380. The molecule has 26 heavy (non-hydrogen) atoms. The third kappa shape index (κ3) is 2.36. The van der Waals surface area contributed by atoms with Gasteiger partial charge < -0.3 is 14.6 Å². The first-order valence-corrected chi connectivity index (χ1v) is 11.1. The number of hydrogen-bond donors (Lipinski definition) is 1. The van der Waals surface area contributed by atoms with Gasteiger partial charge in [0.2, 0.25) is 0 Å². The number of rotatable bonds is 2. The van der Waals surface area contributed by atoms with E-state index < -0.39 is 0 Å². The van der Waals surface area contributed by atoms with Crippen molar-refractivity contribution < 1.29 is 14.6 Å². The molecule has 0 aromatic carbocycles. The molecular weight excluding hydrogens is 324 g/mol. The minimum absolute atomic E-state index is 0.291. The van der Waals surface area contributed by atoms with E-state index in [1.165, 1.54) is 38.5 Å². The highest BCUT2D eigenvalue weighted by atomic mass is 16.7. The smallest absolute Gasteiger partial charge is 0.172 e. The highest BCUT2D eigenvalue weighted by molar-refractivity contribution is 5.26. The van der Waals surface area contributed by atoms with E-state index in [0.29, 0.717) is 17.4 Å². The molecule has 1 aliphatic heterocycles. The Morgan fingerprint density at radius 2 is 1.85 bits per heavy atom. The lowest BCUT2D eigenvalue weighted by Crippen LogP contribution is -2.52. The van der Waals surface area contributed by atoms with Crippen LogP contribution in [0, 0.1) is 34.5 Å². The zero-order valence-corrected chi connectivity index (χ0v) is 16.6. The van der Waals surface area contributed by atoms with Gasteiger partial charge in [-0.2, -0.15) is 0 Å². The first-order valence-electron chi connectivity index (χ1n) is 11.1. The number of fused-ring (bicyclic) bond motifs is 5. The Bertz CT molecular complexity index is 592. The summed E-state index contributed by atoms with van der Waals surface area (Å²) in [5.74, 6) is 3.01. The molecule has 5 aliphatic rings. The lowest BCUT2D eigenvalue weighted by atomic mass is 9.47. The number of allylic oxidation sites excluding steroid dienone is 1. The number of aliphatic hydroxyl groups is 1. The molecule has 1 spiro atoms. The summed E-state index contributed by atoms with van der Waals surface area (Å²) in [6, 6.07) is 0.